The molecule has 0 spiro atoms. The minimum Gasteiger partial charge on any atom is -0.376 e. The maximum absolute atomic E-state index is 11.9. The van der Waals surface area contributed by atoms with E-state index in [0.29, 0.717) is 25.4 Å². The fourth-order valence-electron chi connectivity index (χ4n) is 2.59. The van der Waals surface area contributed by atoms with Gasteiger partial charge in [0.25, 0.3) is 0 Å². The largest absolute Gasteiger partial charge is 0.376 e. The average Bonchev–Trinajstić information content (AvgIpc) is 2.99. The van der Waals surface area contributed by atoms with E-state index in [1.807, 2.05) is 29.1 Å². The molecule has 1 aliphatic heterocycles. The lowest BCUT2D eigenvalue weighted by atomic mass is 10.2. The number of ether oxygens (including phenoxy) is 1. The molecule has 122 valence electrons. The van der Waals surface area contributed by atoms with Crippen LogP contribution in [0.4, 0.5) is 0 Å². The van der Waals surface area contributed by atoms with Crippen LogP contribution in [0.5, 0.6) is 0 Å². The van der Waals surface area contributed by atoms with Gasteiger partial charge in [-0.1, -0.05) is 30.3 Å². The molecule has 0 aliphatic carbocycles. The third kappa shape index (κ3) is 4.59. The van der Waals surface area contributed by atoms with E-state index < -0.39 is 0 Å². The van der Waals surface area contributed by atoms with Crippen LogP contribution in [0.25, 0.3) is 0 Å². The van der Waals surface area contributed by atoms with Gasteiger partial charge in [0.1, 0.15) is 0 Å². The monoisotopic (exact) mass is 331 g/mol. The topological polar surface area (TPSA) is 56.2 Å². The summed E-state index contributed by atoms with van der Waals surface area (Å²) >= 11 is 1.63. The fourth-order valence-corrected chi connectivity index (χ4v) is 3.41. The van der Waals surface area contributed by atoms with Crippen LogP contribution in [0, 0.1) is 0 Å². The van der Waals surface area contributed by atoms with Gasteiger partial charge >= 0.3 is 0 Å². The van der Waals surface area contributed by atoms with Crippen molar-refractivity contribution in [3.63, 3.8) is 0 Å². The number of hydrogen-bond donors (Lipinski definition) is 1. The van der Waals surface area contributed by atoms with Gasteiger partial charge < -0.3 is 10.1 Å². The first-order chi connectivity index (χ1) is 11.3. The molecule has 3 rings (SSSR count). The molecule has 0 fully saturated rings. The molecule has 1 aromatic carbocycles. The molecule has 0 bridgehead atoms. The Labute approximate surface area is 140 Å². The maximum atomic E-state index is 11.9. The number of benzene rings is 1. The van der Waals surface area contributed by atoms with Crippen molar-refractivity contribution in [1.29, 1.82) is 0 Å². The molecule has 1 amide bonds. The van der Waals surface area contributed by atoms with Crippen molar-refractivity contribution >= 4 is 17.7 Å². The van der Waals surface area contributed by atoms with Crippen LogP contribution in [0.1, 0.15) is 16.8 Å². The molecule has 0 saturated heterocycles. The second-order valence-electron chi connectivity index (χ2n) is 5.47. The summed E-state index contributed by atoms with van der Waals surface area (Å²) in [5, 5.41) is 7.34. The van der Waals surface area contributed by atoms with Gasteiger partial charge in [-0.2, -0.15) is 5.10 Å². The number of hydrogen-bond acceptors (Lipinski definition) is 4. The molecule has 6 heteroatoms. The van der Waals surface area contributed by atoms with Crippen molar-refractivity contribution < 1.29 is 9.53 Å². The van der Waals surface area contributed by atoms with Crippen molar-refractivity contribution in [3.05, 3.63) is 53.3 Å². The third-order valence-corrected chi connectivity index (χ3v) is 4.77. The summed E-state index contributed by atoms with van der Waals surface area (Å²) in [6, 6.07) is 10.2. The van der Waals surface area contributed by atoms with Crippen molar-refractivity contribution in [2.24, 2.45) is 0 Å². The number of fused-ring (bicyclic) bond motifs is 1. The number of nitrogens with one attached hydrogen (secondary N) is 1. The Morgan fingerprint density at radius 3 is 3.09 bits per heavy atom. The Morgan fingerprint density at radius 1 is 1.35 bits per heavy atom. The summed E-state index contributed by atoms with van der Waals surface area (Å²) in [7, 11) is 0. The Bertz CT molecular complexity index is 643. The van der Waals surface area contributed by atoms with Crippen LogP contribution in [0.3, 0.4) is 0 Å². The van der Waals surface area contributed by atoms with Crippen LogP contribution in [0.2, 0.25) is 0 Å². The lowest BCUT2D eigenvalue weighted by Gasteiger charge is -2.14. The number of aromatic nitrogens is 2. The highest BCUT2D eigenvalue weighted by atomic mass is 32.2. The number of thioether (sulfide) groups is 1. The molecule has 0 atom stereocenters. The Morgan fingerprint density at radius 2 is 2.22 bits per heavy atom. The normalized spacial score (nSPS) is 13.6. The van der Waals surface area contributed by atoms with Gasteiger partial charge in [0.15, 0.2) is 0 Å². The summed E-state index contributed by atoms with van der Waals surface area (Å²) in [6.07, 6.45) is 2.77. The summed E-state index contributed by atoms with van der Waals surface area (Å²) in [6.45, 7) is 2.73. The number of amides is 1. The molecule has 1 aliphatic rings. The standard InChI is InChI=1S/C17H21N3O2S/c21-17(13-23-12-14-4-2-1-3-5-14)18-7-8-20-16-6-9-22-11-15(16)10-19-20/h1-5,10H,6-9,11-13H2,(H,18,21). The predicted octanol–water partition coefficient (Wildman–Crippen LogP) is 2.01. The Hall–Kier alpha value is -1.79. The van der Waals surface area contributed by atoms with E-state index in [4.69, 9.17) is 4.74 Å². The number of rotatable bonds is 7. The Balaban J connectivity index is 1.35. The number of carbonyl (C=O) groups excluding carboxylic acids is 1. The second kappa shape index (κ2) is 8.17. The molecule has 0 radical (unpaired) electrons. The van der Waals surface area contributed by atoms with E-state index in [2.05, 4.69) is 22.5 Å². The minimum atomic E-state index is 0.0790. The maximum Gasteiger partial charge on any atom is 0.230 e. The minimum absolute atomic E-state index is 0.0790. The molecule has 0 saturated carbocycles. The third-order valence-electron chi connectivity index (χ3n) is 3.77. The predicted molar refractivity (Wildman–Crippen MR) is 91.2 cm³/mol. The van der Waals surface area contributed by atoms with Crippen LogP contribution >= 0.6 is 11.8 Å². The van der Waals surface area contributed by atoms with Crippen LogP contribution < -0.4 is 5.32 Å². The second-order valence-corrected chi connectivity index (χ2v) is 6.46. The van der Waals surface area contributed by atoms with E-state index in [1.54, 1.807) is 11.8 Å². The lowest BCUT2D eigenvalue weighted by Crippen LogP contribution is -2.29. The van der Waals surface area contributed by atoms with Gasteiger partial charge in [0.2, 0.25) is 5.91 Å². The highest BCUT2D eigenvalue weighted by molar-refractivity contribution is 7.99. The van der Waals surface area contributed by atoms with Crippen molar-refractivity contribution in [3.8, 4) is 0 Å². The molecule has 0 unspecified atom stereocenters. The smallest absolute Gasteiger partial charge is 0.230 e. The lowest BCUT2D eigenvalue weighted by molar-refractivity contribution is -0.118. The summed E-state index contributed by atoms with van der Waals surface area (Å²) in [4.78, 5) is 11.9. The van der Waals surface area contributed by atoms with Crippen LogP contribution in [-0.4, -0.2) is 34.6 Å². The van der Waals surface area contributed by atoms with E-state index in [0.717, 1.165) is 18.8 Å². The molecule has 2 aromatic rings. The number of nitrogens with zero attached hydrogens (tertiary/aromatic N) is 2. The molecule has 1 N–H and O–H groups in total. The van der Waals surface area contributed by atoms with Gasteiger partial charge in [-0.15, -0.1) is 11.8 Å². The van der Waals surface area contributed by atoms with Gasteiger partial charge in [0.05, 0.1) is 31.7 Å². The SMILES string of the molecule is O=C(CSCc1ccccc1)NCCn1ncc2c1CCOC2. The highest BCUT2D eigenvalue weighted by Gasteiger charge is 2.15. The highest BCUT2D eigenvalue weighted by Crippen LogP contribution is 2.15. The molecular weight excluding hydrogens is 310 g/mol. The van der Waals surface area contributed by atoms with Crippen LogP contribution in [0.15, 0.2) is 36.5 Å². The van der Waals surface area contributed by atoms with Crippen molar-refractivity contribution in [2.75, 3.05) is 18.9 Å². The molecule has 23 heavy (non-hydrogen) atoms. The van der Waals surface area contributed by atoms with E-state index in [1.165, 1.54) is 16.8 Å². The summed E-state index contributed by atoms with van der Waals surface area (Å²) < 4.78 is 7.39. The van der Waals surface area contributed by atoms with E-state index in [9.17, 15) is 4.79 Å². The summed E-state index contributed by atoms with van der Waals surface area (Å²) in [5.41, 5.74) is 3.65. The van der Waals surface area contributed by atoms with Gasteiger partial charge in [-0.3, -0.25) is 9.48 Å². The first-order valence-electron chi connectivity index (χ1n) is 7.82. The van der Waals surface area contributed by atoms with E-state index >= 15 is 0 Å². The quantitative estimate of drug-likeness (QED) is 0.843. The molecular formula is C17H21N3O2S. The molecule has 1 aromatic heterocycles. The molecule has 5 nitrogen and oxygen atoms in total. The van der Waals surface area contributed by atoms with Crippen molar-refractivity contribution in [1.82, 2.24) is 15.1 Å². The number of carbonyl (C=O) groups is 1. The van der Waals surface area contributed by atoms with Gasteiger partial charge in [-0.25, -0.2) is 0 Å². The average molecular weight is 331 g/mol. The zero-order valence-electron chi connectivity index (χ0n) is 13.0. The molecule has 2 heterocycles. The van der Waals surface area contributed by atoms with E-state index in [-0.39, 0.29) is 5.91 Å². The zero-order valence-corrected chi connectivity index (χ0v) is 13.8. The first kappa shape index (κ1) is 16.1. The fraction of sp³-hybridized carbons (Fsp3) is 0.412. The van der Waals surface area contributed by atoms with Gasteiger partial charge in [-0.05, 0) is 5.56 Å². The Kier molecular flexibility index (Phi) is 5.71. The zero-order chi connectivity index (χ0) is 15.9. The summed E-state index contributed by atoms with van der Waals surface area (Å²) in [5.74, 6) is 1.43. The van der Waals surface area contributed by atoms with Crippen LogP contribution in [-0.2, 0) is 34.9 Å². The van der Waals surface area contributed by atoms with Gasteiger partial charge in [0, 0.05) is 30.0 Å². The first-order valence-corrected chi connectivity index (χ1v) is 8.98. The van der Waals surface area contributed by atoms with Crippen molar-refractivity contribution in [2.45, 2.75) is 25.3 Å².